The van der Waals surface area contributed by atoms with Crippen LogP contribution in [0.15, 0.2) is 36.5 Å². The van der Waals surface area contributed by atoms with E-state index in [4.69, 9.17) is 4.74 Å². The molecule has 0 bridgehead atoms. The van der Waals surface area contributed by atoms with Gasteiger partial charge in [-0.05, 0) is 24.1 Å². The van der Waals surface area contributed by atoms with E-state index in [2.05, 4.69) is 21.3 Å². The first-order valence-electron chi connectivity index (χ1n) is 11.2. The predicted molar refractivity (Wildman–Crippen MR) is 114 cm³/mol. The Bertz CT molecular complexity index is 1030. The minimum Gasteiger partial charge on any atom is -0.379 e. The number of para-hydroxylation sites is 1. The predicted octanol–water partition coefficient (Wildman–Crippen LogP) is 1.23. The quantitative estimate of drug-likeness (QED) is 0.749. The van der Waals surface area contributed by atoms with E-state index >= 15 is 0 Å². The first-order chi connectivity index (χ1) is 15.2. The van der Waals surface area contributed by atoms with Gasteiger partial charge in [-0.25, -0.2) is 4.79 Å². The molecule has 0 aliphatic carbocycles. The number of benzene rings is 1. The third-order valence-electron chi connectivity index (χ3n) is 7.55. The molecule has 1 unspecified atom stereocenters. The number of nitrogens with zero attached hydrogens (tertiary/aromatic N) is 4. The van der Waals surface area contributed by atoms with E-state index in [1.165, 1.54) is 4.90 Å². The van der Waals surface area contributed by atoms with Gasteiger partial charge in [-0.15, -0.1) is 0 Å². The zero-order valence-electron chi connectivity index (χ0n) is 17.5. The molecule has 0 radical (unpaired) electrons. The van der Waals surface area contributed by atoms with Crippen LogP contribution in [0.1, 0.15) is 18.0 Å². The van der Waals surface area contributed by atoms with Crippen LogP contribution in [0.25, 0.3) is 10.9 Å². The zero-order chi connectivity index (χ0) is 21.0. The molecule has 6 rings (SSSR count). The van der Waals surface area contributed by atoms with Crippen molar-refractivity contribution in [3.63, 3.8) is 0 Å². The lowest BCUT2D eigenvalue weighted by Gasteiger charge is -2.31. The summed E-state index contributed by atoms with van der Waals surface area (Å²) in [4.78, 5) is 37.5. The zero-order valence-corrected chi connectivity index (χ0v) is 17.5. The molecule has 31 heavy (non-hydrogen) atoms. The van der Waals surface area contributed by atoms with Crippen molar-refractivity contribution in [3.8, 4) is 0 Å². The van der Waals surface area contributed by atoms with Crippen LogP contribution in [0.3, 0.4) is 0 Å². The molecule has 1 N–H and O–H groups in total. The normalized spacial score (nSPS) is 31.0. The SMILES string of the molecule is O=C1N(CCN2CCOCC2)C(=O)C23CNC[C@@H]2C[C@@H](c2ccnc4ccccc24)N13. The van der Waals surface area contributed by atoms with Crippen molar-refractivity contribution < 1.29 is 14.3 Å². The second kappa shape index (κ2) is 7.25. The van der Waals surface area contributed by atoms with E-state index in [0.717, 1.165) is 42.5 Å². The summed E-state index contributed by atoms with van der Waals surface area (Å²) in [6.07, 6.45) is 2.62. The van der Waals surface area contributed by atoms with Crippen LogP contribution < -0.4 is 5.32 Å². The summed E-state index contributed by atoms with van der Waals surface area (Å²) in [6.45, 7) is 5.56. The lowest BCUT2D eigenvalue weighted by Crippen LogP contribution is -2.51. The molecule has 1 aromatic carbocycles. The highest BCUT2D eigenvalue weighted by molar-refractivity contribution is 6.08. The van der Waals surface area contributed by atoms with Crippen molar-refractivity contribution in [2.24, 2.45) is 5.92 Å². The van der Waals surface area contributed by atoms with Crippen molar-refractivity contribution in [1.82, 2.24) is 25.0 Å². The van der Waals surface area contributed by atoms with Gasteiger partial charge in [-0.2, -0.15) is 0 Å². The fourth-order valence-electron chi connectivity index (χ4n) is 6.01. The Morgan fingerprint density at radius 3 is 2.84 bits per heavy atom. The van der Waals surface area contributed by atoms with E-state index in [-0.39, 0.29) is 23.9 Å². The van der Waals surface area contributed by atoms with Crippen molar-refractivity contribution in [3.05, 3.63) is 42.1 Å². The molecule has 8 heteroatoms. The second-order valence-corrected chi connectivity index (χ2v) is 8.98. The van der Waals surface area contributed by atoms with E-state index in [1.807, 2.05) is 35.4 Å². The van der Waals surface area contributed by atoms with Crippen molar-refractivity contribution in [1.29, 1.82) is 0 Å². The van der Waals surface area contributed by atoms with Crippen LogP contribution in [-0.4, -0.2) is 89.6 Å². The van der Waals surface area contributed by atoms with Crippen molar-refractivity contribution in [2.45, 2.75) is 18.0 Å². The van der Waals surface area contributed by atoms with Gasteiger partial charge >= 0.3 is 6.03 Å². The number of amides is 3. The standard InChI is InChI=1S/C23H27N5O3/c29-21-23-15-24-14-16(23)13-20(18-5-6-25-19-4-2-1-3-17(18)19)28(23)22(30)27(21)8-7-26-9-11-31-12-10-26/h1-6,16,20,24H,7-15H2/t16-,20-,23?/m0/s1. The van der Waals surface area contributed by atoms with Crippen LogP contribution in [0, 0.1) is 5.92 Å². The molecule has 0 saturated carbocycles. The summed E-state index contributed by atoms with van der Waals surface area (Å²) in [5.41, 5.74) is 1.26. The number of morpholine rings is 1. The summed E-state index contributed by atoms with van der Waals surface area (Å²) in [7, 11) is 0. The maximum Gasteiger partial charge on any atom is 0.328 e. The smallest absolute Gasteiger partial charge is 0.328 e. The van der Waals surface area contributed by atoms with E-state index in [9.17, 15) is 9.59 Å². The van der Waals surface area contributed by atoms with E-state index in [0.29, 0.717) is 32.8 Å². The average Bonchev–Trinajstić information content (AvgIpc) is 3.41. The van der Waals surface area contributed by atoms with Gasteiger partial charge in [-0.1, -0.05) is 18.2 Å². The molecular formula is C23H27N5O3. The van der Waals surface area contributed by atoms with Gasteiger partial charge in [-0.3, -0.25) is 19.6 Å². The second-order valence-electron chi connectivity index (χ2n) is 8.98. The number of fused-ring (bicyclic) bond motifs is 1. The summed E-state index contributed by atoms with van der Waals surface area (Å²) in [5.74, 6) is 0.107. The fraction of sp³-hybridized carbons (Fsp3) is 0.522. The molecule has 4 aliphatic heterocycles. The Morgan fingerprint density at radius 2 is 1.97 bits per heavy atom. The third-order valence-corrected chi connectivity index (χ3v) is 7.55. The number of pyridine rings is 1. The Hall–Kier alpha value is -2.55. The molecule has 5 heterocycles. The van der Waals surface area contributed by atoms with Gasteiger partial charge in [0.2, 0.25) is 0 Å². The minimum atomic E-state index is -0.753. The molecule has 2 aromatic rings. The first-order valence-corrected chi connectivity index (χ1v) is 11.2. The van der Waals surface area contributed by atoms with Crippen molar-refractivity contribution >= 4 is 22.8 Å². The molecule has 8 nitrogen and oxygen atoms in total. The highest BCUT2D eigenvalue weighted by atomic mass is 16.5. The Labute approximate surface area is 181 Å². The number of imide groups is 1. The number of carbonyl (C=O) groups excluding carboxylic acids is 2. The van der Waals surface area contributed by atoms with Crippen LogP contribution in [0.4, 0.5) is 4.79 Å². The Morgan fingerprint density at radius 1 is 1.13 bits per heavy atom. The number of urea groups is 1. The number of hydrogen-bond acceptors (Lipinski definition) is 6. The summed E-state index contributed by atoms with van der Waals surface area (Å²) >= 11 is 0. The van der Waals surface area contributed by atoms with E-state index < -0.39 is 5.54 Å². The lowest BCUT2D eigenvalue weighted by molar-refractivity contribution is -0.133. The van der Waals surface area contributed by atoms with Crippen LogP contribution >= 0.6 is 0 Å². The summed E-state index contributed by atoms with van der Waals surface area (Å²) in [5, 5.41) is 4.45. The van der Waals surface area contributed by atoms with Crippen LogP contribution in [0.2, 0.25) is 0 Å². The van der Waals surface area contributed by atoms with Gasteiger partial charge < -0.3 is 15.0 Å². The van der Waals surface area contributed by atoms with E-state index in [1.54, 1.807) is 0 Å². The number of carbonyl (C=O) groups is 2. The molecule has 4 aliphatic rings. The van der Waals surface area contributed by atoms with Crippen LogP contribution in [0.5, 0.6) is 0 Å². The highest BCUT2D eigenvalue weighted by Gasteiger charge is 2.68. The molecule has 4 saturated heterocycles. The van der Waals surface area contributed by atoms with Gasteiger partial charge in [0.05, 0.1) is 24.8 Å². The van der Waals surface area contributed by atoms with Gasteiger partial charge in [0.1, 0.15) is 5.54 Å². The third kappa shape index (κ3) is 2.75. The number of rotatable bonds is 4. The summed E-state index contributed by atoms with van der Waals surface area (Å²) in [6, 6.07) is 9.81. The lowest BCUT2D eigenvalue weighted by atomic mass is 9.87. The number of hydrogen-bond donors (Lipinski definition) is 1. The molecule has 162 valence electrons. The van der Waals surface area contributed by atoms with Crippen LogP contribution in [-0.2, 0) is 9.53 Å². The summed E-state index contributed by atoms with van der Waals surface area (Å²) < 4.78 is 5.42. The molecular weight excluding hydrogens is 394 g/mol. The fourth-order valence-corrected chi connectivity index (χ4v) is 6.01. The van der Waals surface area contributed by atoms with Gasteiger partial charge in [0, 0.05) is 56.8 Å². The first kappa shape index (κ1) is 19.2. The Balaban J connectivity index is 1.34. The molecule has 3 atom stereocenters. The largest absolute Gasteiger partial charge is 0.379 e. The maximum absolute atomic E-state index is 13.7. The maximum atomic E-state index is 13.7. The molecule has 1 aromatic heterocycles. The Kier molecular flexibility index (Phi) is 4.48. The number of ether oxygens (including phenoxy) is 1. The highest BCUT2D eigenvalue weighted by Crippen LogP contribution is 2.53. The number of aromatic nitrogens is 1. The monoisotopic (exact) mass is 421 g/mol. The topological polar surface area (TPSA) is 78.0 Å². The van der Waals surface area contributed by atoms with Crippen molar-refractivity contribution in [2.75, 3.05) is 52.5 Å². The molecule has 3 amide bonds. The molecule has 4 fully saturated rings. The molecule has 1 spiro atoms. The number of nitrogens with one attached hydrogen (secondary N) is 1. The average molecular weight is 422 g/mol. The minimum absolute atomic E-state index is 0.0263. The van der Waals surface area contributed by atoms with Gasteiger partial charge in [0.25, 0.3) is 5.91 Å². The van der Waals surface area contributed by atoms with Gasteiger partial charge in [0.15, 0.2) is 0 Å².